The molecule has 2 aromatic rings. The van der Waals surface area contributed by atoms with Crippen LogP contribution in [0.5, 0.6) is 0 Å². The molecule has 0 radical (unpaired) electrons. The Kier molecular flexibility index (Phi) is 7.56. The fourth-order valence-corrected chi connectivity index (χ4v) is 3.33. The molecule has 3 rings (SSSR count). The van der Waals surface area contributed by atoms with Gasteiger partial charge in [0.1, 0.15) is 6.04 Å². The first kappa shape index (κ1) is 21.2. The number of piperidine rings is 1. The number of nitrogens with zero attached hydrogens (tertiary/aromatic N) is 1. The molecule has 1 aromatic carbocycles. The zero-order valence-electron chi connectivity index (χ0n) is 16.6. The number of aryl methyl sites for hydroxylation is 1. The van der Waals surface area contributed by atoms with E-state index in [4.69, 9.17) is 13.9 Å². The van der Waals surface area contributed by atoms with Crippen LogP contribution in [-0.2, 0) is 25.5 Å². The summed E-state index contributed by atoms with van der Waals surface area (Å²) >= 11 is 0. The van der Waals surface area contributed by atoms with Crippen LogP contribution < -0.4 is 16.4 Å². The Morgan fingerprint density at radius 3 is 2.72 bits per heavy atom. The zero-order valence-corrected chi connectivity index (χ0v) is 16.6. The van der Waals surface area contributed by atoms with Crippen LogP contribution in [0.2, 0.25) is 0 Å². The lowest BCUT2D eigenvalue weighted by Gasteiger charge is -2.21. The Hall–Kier alpha value is -2.49. The molecular weight excluding hydrogens is 378 g/mol. The minimum absolute atomic E-state index is 0.203. The highest BCUT2D eigenvalue weighted by Gasteiger charge is 2.31. The fourth-order valence-electron chi connectivity index (χ4n) is 3.33. The Morgan fingerprint density at radius 2 is 1.97 bits per heavy atom. The van der Waals surface area contributed by atoms with Gasteiger partial charge in [0.25, 0.3) is 0 Å². The number of rotatable bonds is 11. The van der Waals surface area contributed by atoms with E-state index in [0.29, 0.717) is 37.5 Å². The second kappa shape index (κ2) is 10.3. The van der Waals surface area contributed by atoms with Gasteiger partial charge in [-0.2, -0.15) is 0 Å². The molecule has 1 aliphatic rings. The molecule has 1 atom stereocenters. The van der Waals surface area contributed by atoms with Crippen LogP contribution in [0.25, 0.3) is 11.1 Å². The molecule has 0 aliphatic carbocycles. The first-order chi connectivity index (χ1) is 14.1. The summed E-state index contributed by atoms with van der Waals surface area (Å²) in [5, 5.41) is 5.28. The number of ether oxygens (including phenoxy) is 2. The molecule has 2 N–H and O–H groups in total. The zero-order chi connectivity index (χ0) is 20.6. The fraction of sp³-hybridized carbons (Fsp3) is 0.550. The number of benzene rings is 1. The second-order valence-corrected chi connectivity index (χ2v) is 6.94. The van der Waals surface area contributed by atoms with Crippen LogP contribution in [0.3, 0.4) is 0 Å². The van der Waals surface area contributed by atoms with Crippen LogP contribution >= 0.6 is 0 Å². The summed E-state index contributed by atoms with van der Waals surface area (Å²) in [6.07, 6.45) is 2.11. The highest BCUT2D eigenvalue weighted by Crippen LogP contribution is 2.24. The van der Waals surface area contributed by atoms with Gasteiger partial charge in [0.15, 0.2) is 5.58 Å². The molecule has 0 saturated carbocycles. The predicted octanol–water partition coefficient (Wildman–Crippen LogP) is 0.757. The van der Waals surface area contributed by atoms with Crippen LogP contribution in [0.15, 0.2) is 27.4 Å². The van der Waals surface area contributed by atoms with E-state index in [1.807, 2.05) is 19.2 Å². The van der Waals surface area contributed by atoms with E-state index in [1.54, 1.807) is 6.07 Å². The molecule has 1 fully saturated rings. The molecule has 2 amide bonds. The molecule has 1 unspecified atom stereocenters. The predicted molar refractivity (Wildman–Crippen MR) is 106 cm³/mol. The van der Waals surface area contributed by atoms with Crippen molar-refractivity contribution in [2.45, 2.75) is 31.7 Å². The summed E-state index contributed by atoms with van der Waals surface area (Å²) in [6, 6.07) is 4.80. The number of hydrogen-bond acceptors (Lipinski definition) is 7. The van der Waals surface area contributed by atoms with E-state index in [9.17, 15) is 14.4 Å². The largest absolute Gasteiger partial charge is 0.420 e. The molecule has 2 heterocycles. The van der Waals surface area contributed by atoms with Crippen molar-refractivity contribution in [3.63, 3.8) is 0 Å². The number of oxazole rings is 1. The van der Waals surface area contributed by atoms with E-state index in [2.05, 4.69) is 10.6 Å². The molecule has 1 aromatic heterocycles. The van der Waals surface area contributed by atoms with Crippen molar-refractivity contribution >= 4 is 22.9 Å². The van der Waals surface area contributed by atoms with Crippen molar-refractivity contribution in [2.24, 2.45) is 0 Å². The summed E-state index contributed by atoms with van der Waals surface area (Å²) in [5.74, 6) is -1.38. The van der Waals surface area contributed by atoms with Gasteiger partial charge in [-0.3, -0.25) is 19.5 Å². The topological polar surface area (TPSA) is 112 Å². The number of likely N-dealkylation sites (N-methyl/N-ethyl adjacent to an activating group) is 1. The molecule has 158 valence electrons. The van der Waals surface area contributed by atoms with Gasteiger partial charge in [-0.25, -0.2) is 4.79 Å². The number of nitrogens with one attached hydrogen (secondary N) is 2. The lowest BCUT2D eigenvalue weighted by Crippen LogP contribution is -2.43. The van der Waals surface area contributed by atoms with Gasteiger partial charge < -0.3 is 19.2 Å². The molecule has 0 bridgehead atoms. The third-order valence-electron chi connectivity index (χ3n) is 4.82. The standard InChI is InChI=1S/C20H27N3O6/c1-21-8-10-28-12-11-27-9-2-3-14-4-5-15-17(13-14)29-20(26)23(15)16-6-7-18(24)22-19(16)25/h4-5,13,16,21H,2-3,6-12H2,1H3,(H,22,24,25). The number of imide groups is 1. The van der Waals surface area contributed by atoms with Gasteiger partial charge >= 0.3 is 5.76 Å². The first-order valence-corrected chi connectivity index (χ1v) is 9.88. The van der Waals surface area contributed by atoms with Gasteiger partial charge in [-0.05, 0) is 44.0 Å². The minimum atomic E-state index is -0.726. The lowest BCUT2D eigenvalue weighted by molar-refractivity contribution is -0.135. The molecular formula is C20H27N3O6. The molecule has 1 aliphatic heterocycles. The smallest absolute Gasteiger partial charge is 0.408 e. The number of fused-ring (bicyclic) bond motifs is 1. The average Bonchev–Trinajstić information content (AvgIpc) is 3.02. The third-order valence-corrected chi connectivity index (χ3v) is 4.82. The number of carbonyl (C=O) groups is 2. The van der Waals surface area contributed by atoms with E-state index >= 15 is 0 Å². The van der Waals surface area contributed by atoms with E-state index in [0.717, 1.165) is 24.9 Å². The van der Waals surface area contributed by atoms with Gasteiger partial charge in [0, 0.05) is 19.6 Å². The number of carbonyl (C=O) groups excluding carboxylic acids is 2. The SMILES string of the molecule is CNCCOCCOCCCc1ccc2c(c1)oc(=O)n2C1CCC(=O)NC1=O. The summed E-state index contributed by atoms with van der Waals surface area (Å²) in [5.41, 5.74) is 2.02. The minimum Gasteiger partial charge on any atom is -0.408 e. The van der Waals surface area contributed by atoms with Crippen LogP contribution in [0, 0.1) is 0 Å². The van der Waals surface area contributed by atoms with Crippen molar-refractivity contribution in [3.8, 4) is 0 Å². The number of aromatic nitrogens is 1. The van der Waals surface area contributed by atoms with Gasteiger partial charge in [0.2, 0.25) is 11.8 Å². The van der Waals surface area contributed by atoms with E-state index < -0.39 is 17.7 Å². The third kappa shape index (κ3) is 5.53. The monoisotopic (exact) mass is 405 g/mol. The second-order valence-electron chi connectivity index (χ2n) is 6.94. The van der Waals surface area contributed by atoms with E-state index in [1.165, 1.54) is 4.57 Å². The van der Waals surface area contributed by atoms with Gasteiger partial charge in [0.05, 0.1) is 25.3 Å². The Morgan fingerprint density at radius 1 is 1.17 bits per heavy atom. The first-order valence-electron chi connectivity index (χ1n) is 9.88. The van der Waals surface area contributed by atoms with E-state index in [-0.39, 0.29) is 18.7 Å². The van der Waals surface area contributed by atoms with Crippen LogP contribution in [0.4, 0.5) is 0 Å². The summed E-state index contributed by atoms with van der Waals surface area (Å²) in [6.45, 7) is 3.25. The summed E-state index contributed by atoms with van der Waals surface area (Å²) in [7, 11) is 1.88. The number of hydrogen-bond donors (Lipinski definition) is 2. The summed E-state index contributed by atoms with van der Waals surface area (Å²) < 4.78 is 17.6. The molecule has 0 spiro atoms. The van der Waals surface area contributed by atoms with Gasteiger partial charge in [-0.1, -0.05) is 6.07 Å². The Labute approximate surface area is 168 Å². The summed E-state index contributed by atoms with van der Waals surface area (Å²) in [4.78, 5) is 35.8. The maximum absolute atomic E-state index is 12.3. The molecule has 9 heteroatoms. The lowest BCUT2D eigenvalue weighted by atomic mass is 10.1. The Balaban J connectivity index is 1.53. The molecule has 1 saturated heterocycles. The van der Waals surface area contributed by atoms with Crippen molar-refractivity contribution in [2.75, 3.05) is 40.0 Å². The van der Waals surface area contributed by atoms with Gasteiger partial charge in [-0.15, -0.1) is 0 Å². The average molecular weight is 405 g/mol. The maximum atomic E-state index is 12.3. The highest BCUT2D eigenvalue weighted by molar-refractivity contribution is 6.00. The highest BCUT2D eigenvalue weighted by atomic mass is 16.5. The Bertz CT molecular complexity index is 903. The van der Waals surface area contributed by atoms with Crippen molar-refractivity contribution in [3.05, 3.63) is 34.3 Å². The van der Waals surface area contributed by atoms with Crippen LogP contribution in [0.1, 0.15) is 30.9 Å². The molecule has 29 heavy (non-hydrogen) atoms. The molecule has 9 nitrogen and oxygen atoms in total. The maximum Gasteiger partial charge on any atom is 0.420 e. The quantitative estimate of drug-likeness (QED) is 0.419. The van der Waals surface area contributed by atoms with Crippen LogP contribution in [-0.4, -0.2) is 56.4 Å². The van der Waals surface area contributed by atoms with Crippen molar-refractivity contribution in [1.29, 1.82) is 0 Å². The van der Waals surface area contributed by atoms with Crippen molar-refractivity contribution < 1.29 is 23.5 Å². The van der Waals surface area contributed by atoms with Crippen molar-refractivity contribution in [1.82, 2.24) is 15.2 Å². The number of amides is 2. The normalized spacial score (nSPS) is 17.1.